The quantitative estimate of drug-likeness (QED) is 0.876. The maximum Gasteiger partial charge on any atom is 0.193 e. The van der Waals surface area contributed by atoms with Crippen LogP contribution >= 0.6 is 11.6 Å². The molecule has 0 radical (unpaired) electrons. The molecule has 0 aromatic carbocycles. The van der Waals surface area contributed by atoms with Gasteiger partial charge in [-0.15, -0.1) is 11.6 Å². The van der Waals surface area contributed by atoms with Crippen LogP contribution in [0.4, 0.5) is 10.2 Å². The smallest absolute Gasteiger partial charge is 0.193 e. The Kier molecular flexibility index (Phi) is 4.52. The molecule has 0 aliphatic heterocycles. The summed E-state index contributed by atoms with van der Waals surface area (Å²) in [5.74, 6) is 0.0993. The van der Waals surface area contributed by atoms with Crippen molar-refractivity contribution in [3.8, 4) is 0 Å². The normalized spacial score (nSPS) is 11.6. The number of pyridine rings is 2. The predicted octanol–water partition coefficient (Wildman–Crippen LogP) is 3.68. The molecule has 0 amide bonds. The molecule has 0 aliphatic rings. The molecule has 2 heterocycles. The molecule has 0 fully saturated rings. The maximum absolute atomic E-state index is 13.8. The lowest BCUT2D eigenvalue weighted by Gasteiger charge is -2.22. The van der Waals surface area contributed by atoms with E-state index in [1.807, 2.05) is 32.3 Å². The van der Waals surface area contributed by atoms with Gasteiger partial charge in [-0.25, -0.2) is 9.37 Å². The summed E-state index contributed by atoms with van der Waals surface area (Å²) in [6.07, 6.45) is 0. The topological polar surface area (TPSA) is 46.9 Å². The highest BCUT2D eigenvalue weighted by Gasteiger charge is 2.16. The number of aromatic nitrogens is 2. The summed E-state index contributed by atoms with van der Waals surface area (Å²) < 4.78 is 15.7. The highest BCUT2D eigenvalue weighted by Crippen LogP contribution is 2.23. The summed E-state index contributed by atoms with van der Waals surface area (Å²) in [5, 5.41) is 3.50. The first-order valence-corrected chi connectivity index (χ1v) is 7.45. The van der Waals surface area contributed by atoms with Crippen molar-refractivity contribution in [2.45, 2.75) is 45.7 Å². The van der Waals surface area contributed by atoms with E-state index in [0.29, 0.717) is 11.5 Å². The molecule has 2 aromatic rings. The number of fused-ring (bicyclic) bond motifs is 1. The lowest BCUT2D eigenvalue weighted by atomic mass is 10.2. The number of nitrogens with one attached hydrogen (secondary N) is 1. The Hall–Kier alpha value is -1.62. The molecule has 4 nitrogen and oxygen atoms in total. The van der Waals surface area contributed by atoms with Gasteiger partial charge in [0.15, 0.2) is 5.43 Å². The van der Waals surface area contributed by atoms with Crippen molar-refractivity contribution < 1.29 is 4.39 Å². The minimum absolute atomic E-state index is 0.0318. The molecule has 114 valence electrons. The van der Waals surface area contributed by atoms with E-state index in [2.05, 4.69) is 10.3 Å². The zero-order chi connectivity index (χ0) is 15.7. The zero-order valence-electron chi connectivity index (χ0n) is 12.6. The van der Waals surface area contributed by atoms with Crippen LogP contribution in [0.25, 0.3) is 11.0 Å². The third-order valence-corrected chi connectivity index (χ3v) is 3.38. The van der Waals surface area contributed by atoms with Crippen LogP contribution < -0.4 is 10.7 Å². The van der Waals surface area contributed by atoms with Crippen molar-refractivity contribution in [1.82, 2.24) is 9.55 Å². The molecule has 2 aromatic heterocycles. The molecule has 0 atom stereocenters. The van der Waals surface area contributed by atoms with Crippen LogP contribution in [0.2, 0.25) is 0 Å². The Morgan fingerprint density at radius 3 is 2.52 bits per heavy atom. The molecule has 0 spiro atoms. The Bertz CT molecular complexity index is 725. The standard InChI is InChI=1S/C15H19ClFN3O/c1-8(2)18-14-6-13(21)10-5-11(17)12(7-16)19-15(10)20(14)9(3)4/h5-6,8-9,18H,7H2,1-4H3. The van der Waals surface area contributed by atoms with Gasteiger partial charge in [-0.05, 0) is 33.8 Å². The minimum Gasteiger partial charge on any atom is -0.369 e. The van der Waals surface area contributed by atoms with Gasteiger partial charge in [0.1, 0.15) is 17.3 Å². The largest absolute Gasteiger partial charge is 0.369 e. The van der Waals surface area contributed by atoms with Crippen LogP contribution in [0.3, 0.4) is 0 Å². The second-order valence-electron chi connectivity index (χ2n) is 5.58. The van der Waals surface area contributed by atoms with E-state index in [9.17, 15) is 9.18 Å². The molecule has 2 rings (SSSR count). The first kappa shape index (κ1) is 15.8. The second-order valence-corrected chi connectivity index (χ2v) is 5.85. The van der Waals surface area contributed by atoms with Crippen molar-refractivity contribution in [2.24, 2.45) is 0 Å². The van der Waals surface area contributed by atoms with Crippen molar-refractivity contribution in [3.63, 3.8) is 0 Å². The average Bonchev–Trinajstić information content (AvgIpc) is 2.38. The Balaban J connectivity index is 2.86. The van der Waals surface area contributed by atoms with Crippen molar-refractivity contribution in [1.29, 1.82) is 0 Å². The molecule has 0 saturated carbocycles. The van der Waals surface area contributed by atoms with E-state index < -0.39 is 5.82 Å². The molecule has 0 aliphatic carbocycles. The molecular formula is C15H19ClFN3O. The highest BCUT2D eigenvalue weighted by atomic mass is 35.5. The van der Waals surface area contributed by atoms with E-state index in [0.717, 1.165) is 0 Å². The number of hydrogen-bond donors (Lipinski definition) is 1. The van der Waals surface area contributed by atoms with Crippen LogP contribution in [-0.2, 0) is 5.88 Å². The summed E-state index contributed by atoms with van der Waals surface area (Å²) in [4.78, 5) is 16.5. The monoisotopic (exact) mass is 311 g/mol. The van der Waals surface area contributed by atoms with Gasteiger partial charge < -0.3 is 9.88 Å². The van der Waals surface area contributed by atoms with E-state index in [4.69, 9.17) is 11.6 Å². The Morgan fingerprint density at radius 2 is 2.00 bits per heavy atom. The van der Waals surface area contributed by atoms with E-state index in [-0.39, 0.29) is 34.5 Å². The molecular weight excluding hydrogens is 293 g/mol. The van der Waals surface area contributed by atoms with Gasteiger partial charge in [-0.3, -0.25) is 4.79 Å². The lowest BCUT2D eigenvalue weighted by Crippen LogP contribution is -2.21. The summed E-state index contributed by atoms with van der Waals surface area (Å²) in [7, 11) is 0. The molecule has 0 saturated heterocycles. The number of hydrogen-bond acceptors (Lipinski definition) is 3. The molecule has 6 heteroatoms. The second kappa shape index (κ2) is 6.02. The van der Waals surface area contributed by atoms with Gasteiger partial charge in [-0.1, -0.05) is 0 Å². The highest BCUT2D eigenvalue weighted by molar-refractivity contribution is 6.17. The van der Waals surface area contributed by atoms with Crippen LogP contribution in [-0.4, -0.2) is 15.6 Å². The first-order valence-electron chi connectivity index (χ1n) is 6.92. The van der Waals surface area contributed by atoms with Crippen molar-refractivity contribution in [3.05, 3.63) is 33.9 Å². The summed E-state index contributed by atoms with van der Waals surface area (Å²) in [6, 6.07) is 2.94. The Morgan fingerprint density at radius 1 is 1.33 bits per heavy atom. The number of anilines is 1. The molecule has 21 heavy (non-hydrogen) atoms. The summed E-state index contributed by atoms with van der Waals surface area (Å²) >= 11 is 5.72. The number of nitrogens with zero attached hydrogens (tertiary/aromatic N) is 2. The minimum atomic E-state index is -0.547. The Labute approximate surface area is 127 Å². The first-order chi connectivity index (χ1) is 9.85. The van der Waals surface area contributed by atoms with E-state index in [1.165, 1.54) is 12.1 Å². The van der Waals surface area contributed by atoms with Gasteiger partial charge in [-0.2, -0.15) is 0 Å². The van der Waals surface area contributed by atoms with Crippen LogP contribution in [0, 0.1) is 5.82 Å². The van der Waals surface area contributed by atoms with Gasteiger partial charge in [0, 0.05) is 18.2 Å². The van der Waals surface area contributed by atoms with Gasteiger partial charge >= 0.3 is 0 Å². The summed E-state index contributed by atoms with van der Waals surface area (Å²) in [5.41, 5.74) is 0.356. The molecule has 0 unspecified atom stereocenters. The van der Waals surface area contributed by atoms with E-state index in [1.54, 1.807) is 0 Å². The third-order valence-electron chi connectivity index (χ3n) is 3.13. The van der Waals surface area contributed by atoms with Crippen molar-refractivity contribution in [2.75, 3.05) is 5.32 Å². The fourth-order valence-electron chi connectivity index (χ4n) is 2.29. The lowest BCUT2D eigenvalue weighted by molar-refractivity contribution is 0.596. The van der Waals surface area contributed by atoms with Crippen LogP contribution in [0.1, 0.15) is 39.4 Å². The van der Waals surface area contributed by atoms with Crippen LogP contribution in [0.15, 0.2) is 16.9 Å². The molecule has 1 N–H and O–H groups in total. The SMILES string of the molecule is CC(C)Nc1cc(=O)c2cc(F)c(CCl)nc2n1C(C)C. The fraction of sp³-hybridized carbons (Fsp3) is 0.467. The van der Waals surface area contributed by atoms with Crippen LogP contribution in [0.5, 0.6) is 0 Å². The fourth-order valence-corrected chi connectivity index (χ4v) is 2.48. The van der Waals surface area contributed by atoms with Gasteiger partial charge in [0.2, 0.25) is 0 Å². The average molecular weight is 312 g/mol. The number of halogens is 2. The number of alkyl halides is 1. The number of rotatable bonds is 4. The van der Waals surface area contributed by atoms with E-state index >= 15 is 0 Å². The third kappa shape index (κ3) is 3.02. The molecule has 0 bridgehead atoms. The van der Waals surface area contributed by atoms with Gasteiger partial charge in [0.05, 0.1) is 17.0 Å². The maximum atomic E-state index is 13.8. The summed E-state index contributed by atoms with van der Waals surface area (Å²) in [6.45, 7) is 7.95. The van der Waals surface area contributed by atoms with Crippen molar-refractivity contribution >= 4 is 28.5 Å². The predicted molar refractivity (Wildman–Crippen MR) is 84.7 cm³/mol. The zero-order valence-corrected chi connectivity index (χ0v) is 13.3. The van der Waals surface area contributed by atoms with Gasteiger partial charge in [0.25, 0.3) is 0 Å².